The molecule has 1 saturated heterocycles. The van der Waals surface area contributed by atoms with Crippen LogP contribution in [0.3, 0.4) is 0 Å². The van der Waals surface area contributed by atoms with Gasteiger partial charge in [0.15, 0.2) is 6.23 Å². The van der Waals surface area contributed by atoms with Crippen LogP contribution in [0.1, 0.15) is 0 Å². The molecule has 1 rings (SSSR count). The summed E-state index contributed by atoms with van der Waals surface area (Å²) in [6.07, 6.45) is -4.92. The minimum absolute atomic E-state index is 0.501. The van der Waals surface area contributed by atoms with Crippen LogP contribution < -0.4 is 0 Å². The number of aliphatic hydroxyl groups is 4. The van der Waals surface area contributed by atoms with Crippen molar-refractivity contribution < 1.29 is 25.2 Å². The topological polar surface area (TPSA) is 153 Å². The summed E-state index contributed by atoms with van der Waals surface area (Å²) in [6, 6.07) is 0. The molecule has 6 N–H and O–H groups in total. The van der Waals surface area contributed by atoms with Gasteiger partial charge < -0.3 is 25.2 Å². The van der Waals surface area contributed by atoms with Gasteiger partial charge in [0.25, 0.3) is 0 Å². The lowest BCUT2D eigenvalue weighted by Gasteiger charge is -2.27. The summed E-state index contributed by atoms with van der Waals surface area (Å²) < 4.78 is 5.04. The summed E-state index contributed by atoms with van der Waals surface area (Å²) >= 11 is 0. The quantitative estimate of drug-likeness (QED) is 0.139. The first-order valence-corrected chi connectivity index (χ1v) is 4.52. The average Bonchev–Trinajstić information content (AvgIpc) is 2.58. The van der Waals surface area contributed by atoms with Gasteiger partial charge in [-0.25, -0.2) is 5.53 Å². The average molecular weight is 234 g/mol. The van der Waals surface area contributed by atoms with Crippen molar-refractivity contribution in [1.82, 2.24) is 4.90 Å². The molecule has 0 bridgehead atoms. The van der Waals surface area contributed by atoms with E-state index in [9.17, 15) is 10.2 Å². The maximum atomic E-state index is 9.57. The maximum Gasteiger partial charge on any atom is 0.241 e. The molecule has 0 aromatic carbocycles. The van der Waals surface area contributed by atoms with E-state index in [1.165, 1.54) is 0 Å². The molecule has 1 heterocycles. The van der Waals surface area contributed by atoms with E-state index in [0.717, 1.165) is 4.90 Å². The van der Waals surface area contributed by atoms with Gasteiger partial charge in [0.1, 0.15) is 25.0 Å². The molecule has 1 aliphatic rings. The van der Waals surface area contributed by atoms with E-state index >= 15 is 0 Å². The Morgan fingerprint density at radius 1 is 1.31 bits per heavy atom. The molecule has 4 atom stereocenters. The van der Waals surface area contributed by atoms with Crippen LogP contribution in [-0.2, 0) is 4.74 Å². The molecule has 1 aliphatic heterocycles. The van der Waals surface area contributed by atoms with Crippen molar-refractivity contribution in [2.75, 3.05) is 13.3 Å². The van der Waals surface area contributed by atoms with Gasteiger partial charge in [-0.1, -0.05) is 0 Å². The molecule has 0 aromatic rings. The lowest BCUT2D eigenvalue weighted by atomic mass is 10.1. The molecular weight excluding hydrogens is 220 g/mol. The summed E-state index contributed by atoms with van der Waals surface area (Å²) in [5, 5.41) is 46.8. The van der Waals surface area contributed by atoms with Gasteiger partial charge in [-0.15, -0.1) is 5.11 Å². The van der Waals surface area contributed by atoms with Crippen LogP contribution in [0.25, 0.3) is 0 Å². The third kappa shape index (κ3) is 2.18. The Kier molecular flexibility index (Phi) is 4.26. The highest BCUT2D eigenvalue weighted by molar-refractivity contribution is 5.76. The molecule has 92 valence electrons. The number of nitrogens with zero attached hydrogens (tertiary/aromatic N) is 2. The minimum atomic E-state index is -1.40. The van der Waals surface area contributed by atoms with E-state index in [0.29, 0.717) is 0 Å². The highest BCUT2D eigenvalue weighted by atomic mass is 16.6. The van der Waals surface area contributed by atoms with Crippen molar-refractivity contribution in [3.8, 4) is 0 Å². The third-order valence-electron chi connectivity index (χ3n) is 2.35. The number of guanidine groups is 1. The van der Waals surface area contributed by atoms with Crippen LogP contribution in [0.4, 0.5) is 0 Å². The van der Waals surface area contributed by atoms with E-state index in [4.69, 9.17) is 25.9 Å². The monoisotopic (exact) mass is 234 g/mol. The number of nitrogens with one attached hydrogen (secondary N) is 2. The summed E-state index contributed by atoms with van der Waals surface area (Å²) in [4.78, 5) is 0.788. The van der Waals surface area contributed by atoms with Gasteiger partial charge in [0, 0.05) is 0 Å². The first kappa shape index (κ1) is 12.9. The van der Waals surface area contributed by atoms with Crippen molar-refractivity contribution in [2.45, 2.75) is 24.5 Å². The third-order valence-corrected chi connectivity index (χ3v) is 2.35. The molecule has 9 heteroatoms. The van der Waals surface area contributed by atoms with Gasteiger partial charge in [0.2, 0.25) is 5.96 Å². The smallest absolute Gasteiger partial charge is 0.241 e. The number of aliphatic hydroxyl groups excluding tert-OH is 4. The maximum absolute atomic E-state index is 9.57. The number of hydrogen-bond donors (Lipinski definition) is 6. The lowest BCUT2D eigenvalue weighted by molar-refractivity contribution is -0.0917. The molecule has 0 radical (unpaired) electrons. The fourth-order valence-electron chi connectivity index (χ4n) is 1.47. The first-order valence-electron chi connectivity index (χ1n) is 4.52. The zero-order chi connectivity index (χ0) is 12.3. The Morgan fingerprint density at radius 3 is 2.31 bits per heavy atom. The number of ether oxygens (including phenoxy) is 1. The first-order chi connectivity index (χ1) is 7.56. The highest BCUT2D eigenvalue weighted by Crippen LogP contribution is 2.23. The standard InChI is InChI=1S/C7H14N4O5/c8-7(10-9)11(2-13)6-5(15)4(14)3(1-12)16-6/h3-6,8-9,12-15H,1-2H2/t3-,4-,5-,6-/m1/s1. The van der Waals surface area contributed by atoms with Crippen LogP contribution in [0.15, 0.2) is 5.11 Å². The normalized spacial score (nSPS) is 33.8. The van der Waals surface area contributed by atoms with Crippen molar-refractivity contribution in [1.29, 1.82) is 10.9 Å². The van der Waals surface area contributed by atoms with Gasteiger partial charge in [-0.05, 0) is 0 Å². The van der Waals surface area contributed by atoms with E-state index in [2.05, 4.69) is 5.11 Å². The SMILES string of the molecule is N=NC(=N)N(CO)[C@@H]1O[C@H](CO)[C@@H](O)[C@H]1O. The highest BCUT2D eigenvalue weighted by Gasteiger charge is 2.45. The summed E-state index contributed by atoms with van der Waals surface area (Å²) in [7, 11) is 0. The van der Waals surface area contributed by atoms with Crippen LogP contribution >= 0.6 is 0 Å². The predicted molar refractivity (Wildman–Crippen MR) is 49.6 cm³/mol. The van der Waals surface area contributed by atoms with Crippen molar-refractivity contribution in [3.63, 3.8) is 0 Å². The fraction of sp³-hybridized carbons (Fsp3) is 0.857. The Balaban J connectivity index is 2.79. The molecule has 0 saturated carbocycles. The molecule has 0 spiro atoms. The zero-order valence-electron chi connectivity index (χ0n) is 8.32. The molecule has 0 unspecified atom stereocenters. The Bertz CT molecular complexity index is 276. The molecule has 0 aliphatic carbocycles. The molecule has 0 aromatic heterocycles. The van der Waals surface area contributed by atoms with Crippen LogP contribution in [0.5, 0.6) is 0 Å². The van der Waals surface area contributed by atoms with Crippen molar-refractivity contribution in [2.24, 2.45) is 5.11 Å². The second-order valence-electron chi connectivity index (χ2n) is 3.28. The Labute approximate surface area is 90.9 Å². The number of hydrogen-bond acceptors (Lipinski definition) is 7. The molecule has 0 amide bonds. The number of rotatable bonds is 3. The summed E-state index contributed by atoms with van der Waals surface area (Å²) in [5.41, 5.74) is 6.62. The Hall–Kier alpha value is -1.13. The summed E-state index contributed by atoms with van der Waals surface area (Å²) in [5.74, 6) is -0.614. The van der Waals surface area contributed by atoms with Crippen LogP contribution in [0.2, 0.25) is 0 Å². The molecule has 16 heavy (non-hydrogen) atoms. The Morgan fingerprint density at radius 2 is 1.94 bits per heavy atom. The van der Waals surface area contributed by atoms with Gasteiger partial charge in [-0.3, -0.25) is 10.3 Å². The molecule has 9 nitrogen and oxygen atoms in total. The van der Waals surface area contributed by atoms with Gasteiger partial charge >= 0.3 is 0 Å². The largest absolute Gasteiger partial charge is 0.394 e. The van der Waals surface area contributed by atoms with E-state index in [-0.39, 0.29) is 0 Å². The second kappa shape index (κ2) is 5.27. The van der Waals surface area contributed by atoms with Crippen LogP contribution in [-0.4, -0.2) is 69.2 Å². The van der Waals surface area contributed by atoms with E-state index in [1.54, 1.807) is 0 Å². The molecule has 1 fully saturated rings. The fourth-order valence-corrected chi connectivity index (χ4v) is 1.47. The zero-order valence-corrected chi connectivity index (χ0v) is 8.32. The van der Waals surface area contributed by atoms with E-state index < -0.39 is 43.8 Å². The van der Waals surface area contributed by atoms with Gasteiger partial charge in [0.05, 0.1) is 6.61 Å². The predicted octanol–water partition coefficient (Wildman–Crippen LogP) is -2.36. The van der Waals surface area contributed by atoms with Gasteiger partial charge in [-0.2, -0.15) is 0 Å². The van der Waals surface area contributed by atoms with Crippen LogP contribution in [0, 0.1) is 10.9 Å². The lowest BCUT2D eigenvalue weighted by Crippen LogP contribution is -2.46. The van der Waals surface area contributed by atoms with Crippen molar-refractivity contribution in [3.05, 3.63) is 0 Å². The second-order valence-corrected chi connectivity index (χ2v) is 3.28. The summed E-state index contributed by atoms with van der Waals surface area (Å²) in [6.45, 7) is -1.20. The molecular formula is C7H14N4O5. The van der Waals surface area contributed by atoms with E-state index in [1.807, 2.05) is 0 Å². The van der Waals surface area contributed by atoms with Crippen molar-refractivity contribution >= 4 is 5.96 Å². The minimum Gasteiger partial charge on any atom is -0.394 e.